The Hall–Kier alpha value is -2.65. The molecule has 10 heteroatoms. The lowest BCUT2D eigenvalue weighted by molar-refractivity contribution is -0.143. The fraction of sp³-hybridized carbons (Fsp3) is 0.529. The highest BCUT2D eigenvalue weighted by atomic mass is 19.4. The van der Waals surface area contributed by atoms with E-state index in [-0.39, 0.29) is 17.7 Å². The Kier molecular flexibility index (Phi) is 5.33. The first-order valence-corrected chi connectivity index (χ1v) is 8.63. The molecule has 0 atom stereocenters. The second-order valence-electron chi connectivity index (χ2n) is 6.68. The van der Waals surface area contributed by atoms with Crippen molar-refractivity contribution in [2.75, 3.05) is 7.11 Å². The molecule has 0 saturated heterocycles. The number of halogens is 3. The van der Waals surface area contributed by atoms with Crippen LogP contribution in [0.5, 0.6) is 5.88 Å². The zero-order valence-electron chi connectivity index (χ0n) is 15.0. The normalized spacial score (nSPS) is 20.3. The maximum Gasteiger partial charge on any atom is 0.434 e. The van der Waals surface area contributed by atoms with Gasteiger partial charge >= 0.3 is 6.18 Å². The molecule has 1 N–H and O–H groups in total. The highest BCUT2D eigenvalue weighted by Crippen LogP contribution is 2.33. The van der Waals surface area contributed by atoms with E-state index in [1.165, 1.54) is 19.2 Å². The van der Waals surface area contributed by atoms with E-state index >= 15 is 0 Å². The van der Waals surface area contributed by atoms with Crippen LogP contribution in [0, 0.1) is 5.92 Å². The summed E-state index contributed by atoms with van der Waals surface area (Å²) in [6.07, 6.45) is -0.477. The van der Waals surface area contributed by atoms with Gasteiger partial charge in [0.1, 0.15) is 0 Å². The predicted molar refractivity (Wildman–Crippen MR) is 89.6 cm³/mol. The van der Waals surface area contributed by atoms with Gasteiger partial charge in [-0.15, -0.1) is 10.2 Å². The van der Waals surface area contributed by atoms with Gasteiger partial charge in [-0.1, -0.05) is 6.92 Å². The van der Waals surface area contributed by atoms with Gasteiger partial charge in [0.15, 0.2) is 11.5 Å². The largest absolute Gasteiger partial charge is 0.480 e. The number of alkyl halides is 3. The molecular weight excluding hydrogens is 363 g/mol. The zero-order valence-corrected chi connectivity index (χ0v) is 15.0. The summed E-state index contributed by atoms with van der Waals surface area (Å²) >= 11 is 0. The van der Waals surface area contributed by atoms with Crippen molar-refractivity contribution in [2.45, 2.75) is 44.8 Å². The average Bonchev–Trinajstić information content (AvgIpc) is 3.09. The Bertz CT molecular complexity index is 796. The van der Waals surface area contributed by atoms with E-state index in [2.05, 4.69) is 27.5 Å². The third-order valence-corrected chi connectivity index (χ3v) is 4.69. The number of rotatable bonds is 4. The van der Waals surface area contributed by atoms with Gasteiger partial charge in [0.05, 0.1) is 18.9 Å². The number of ether oxygens (including phenoxy) is 1. The first-order chi connectivity index (χ1) is 12.8. The average molecular weight is 383 g/mol. The van der Waals surface area contributed by atoms with Crippen LogP contribution in [0.25, 0.3) is 5.82 Å². The minimum absolute atomic E-state index is 0.126. The molecule has 1 aliphatic rings. The standard InChI is InChI=1S/C17H20F3N5O2/c1-10-3-5-11(6-4-10)22-16(26)12-9-21-25(15(12)17(18,19)20)13-7-8-14(27-2)24-23-13/h7-11H,3-6H2,1-2H3,(H,22,26). The molecule has 1 amide bonds. The molecule has 2 aromatic rings. The first kappa shape index (κ1) is 19.1. The smallest absolute Gasteiger partial charge is 0.434 e. The second kappa shape index (κ2) is 7.53. The molecule has 0 unspecified atom stereocenters. The van der Waals surface area contributed by atoms with Crippen LogP contribution in [-0.4, -0.2) is 39.0 Å². The van der Waals surface area contributed by atoms with E-state index in [1.807, 2.05) is 0 Å². The van der Waals surface area contributed by atoms with Crippen LogP contribution in [0.15, 0.2) is 18.3 Å². The molecular formula is C17H20F3N5O2. The number of nitrogens with one attached hydrogen (secondary N) is 1. The molecule has 0 radical (unpaired) electrons. The van der Waals surface area contributed by atoms with Gasteiger partial charge in [0, 0.05) is 12.1 Å². The summed E-state index contributed by atoms with van der Waals surface area (Å²) in [5.74, 6) is -0.215. The lowest BCUT2D eigenvalue weighted by atomic mass is 9.87. The molecule has 0 aliphatic heterocycles. The number of amides is 1. The van der Waals surface area contributed by atoms with E-state index < -0.39 is 23.3 Å². The molecule has 1 aliphatic carbocycles. The fourth-order valence-electron chi connectivity index (χ4n) is 3.16. The van der Waals surface area contributed by atoms with Gasteiger partial charge in [-0.2, -0.15) is 18.3 Å². The van der Waals surface area contributed by atoms with Gasteiger partial charge in [0.2, 0.25) is 5.88 Å². The third-order valence-electron chi connectivity index (χ3n) is 4.69. The molecule has 0 bridgehead atoms. The van der Waals surface area contributed by atoms with Gasteiger partial charge in [-0.25, -0.2) is 4.68 Å². The first-order valence-electron chi connectivity index (χ1n) is 8.63. The predicted octanol–water partition coefficient (Wildman–Crippen LogP) is 3.00. The summed E-state index contributed by atoms with van der Waals surface area (Å²) < 4.78 is 46.4. The lowest BCUT2D eigenvalue weighted by Gasteiger charge is -2.26. The molecule has 2 heterocycles. The second-order valence-corrected chi connectivity index (χ2v) is 6.68. The van der Waals surface area contributed by atoms with Crippen molar-refractivity contribution < 1.29 is 22.7 Å². The van der Waals surface area contributed by atoms with E-state index in [0.29, 0.717) is 10.6 Å². The van der Waals surface area contributed by atoms with Crippen molar-refractivity contribution >= 4 is 5.91 Å². The lowest BCUT2D eigenvalue weighted by Crippen LogP contribution is -2.38. The monoisotopic (exact) mass is 383 g/mol. The molecule has 1 saturated carbocycles. The van der Waals surface area contributed by atoms with Crippen LogP contribution in [-0.2, 0) is 6.18 Å². The van der Waals surface area contributed by atoms with Crippen molar-refractivity contribution in [3.8, 4) is 11.7 Å². The fourth-order valence-corrected chi connectivity index (χ4v) is 3.16. The summed E-state index contributed by atoms with van der Waals surface area (Å²) in [4.78, 5) is 12.5. The summed E-state index contributed by atoms with van der Waals surface area (Å²) in [5.41, 5.74) is -1.71. The molecule has 7 nitrogen and oxygen atoms in total. The van der Waals surface area contributed by atoms with Crippen LogP contribution in [0.4, 0.5) is 13.2 Å². The Morgan fingerprint density at radius 3 is 2.48 bits per heavy atom. The number of carbonyl (C=O) groups excluding carboxylic acids is 1. The highest BCUT2D eigenvalue weighted by Gasteiger charge is 2.41. The van der Waals surface area contributed by atoms with E-state index in [9.17, 15) is 18.0 Å². The SMILES string of the molecule is COc1ccc(-n2ncc(C(=O)NC3CCC(C)CC3)c2C(F)(F)F)nn1. The number of hydrogen-bond donors (Lipinski definition) is 1. The van der Waals surface area contributed by atoms with E-state index in [4.69, 9.17) is 4.74 Å². The van der Waals surface area contributed by atoms with Crippen molar-refractivity contribution in [3.05, 3.63) is 29.6 Å². The third kappa shape index (κ3) is 4.20. The van der Waals surface area contributed by atoms with Crippen LogP contribution < -0.4 is 10.1 Å². The van der Waals surface area contributed by atoms with Crippen molar-refractivity contribution in [1.82, 2.24) is 25.3 Å². The summed E-state index contributed by atoms with van der Waals surface area (Å²) in [5, 5.41) is 13.8. The zero-order chi connectivity index (χ0) is 19.6. The van der Waals surface area contributed by atoms with E-state index in [0.717, 1.165) is 31.9 Å². The molecule has 1 fully saturated rings. The highest BCUT2D eigenvalue weighted by molar-refractivity contribution is 5.95. The van der Waals surface area contributed by atoms with Crippen molar-refractivity contribution in [2.24, 2.45) is 5.92 Å². The summed E-state index contributed by atoms with van der Waals surface area (Å²) in [6, 6.07) is 2.53. The molecule has 0 aromatic carbocycles. The molecule has 3 rings (SSSR count). The number of aromatic nitrogens is 4. The van der Waals surface area contributed by atoms with E-state index in [1.54, 1.807) is 0 Å². The van der Waals surface area contributed by atoms with Gasteiger partial charge in [0.25, 0.3) is 5.91 Å². The van der Waals surface area contributed by atoms with Crippen LogP contribution >= 0.6 is 0 Å². The van der Waals surface area contributed by atoms with Crippen LogP contribution in [0.1, 0.15) is 48.7 Å². The van der Waals surface area contributed by atoms with Gasteiger partial charge in [-0.05, 0) is 37.7 Å². The van der Waals surface area contributed by atoms with Gasteiger partial charge in [-0.3, -0.25) is 4.79 Å². The Balaban J connectivity index is 1.89. The number of methoxy groups -OCH3 is 1. The number of carbonyl (C=O) groups is 1. The summed E-state index contributed by atoms with van der Waals surface area (Å²) in [7, 11) is 1.37. The topological polar surface area (TPSA) is 81.9 Å². The van der Waals surface area contributed by atoms with Crippen molar-refractivity contribution in [3.63, 3.8) is 0 Å². The van der Waals surface area contributed by atoms with Gasteiger partial charge < -0.3 is 10.1 Å². The van der Waals surface area contributed by atoms with Crippen LogP contribution in [0.2, 0.25) is 0 Å². The quantitative estimate of drug-likeness (QED) is 0.878. The Morgan fingerprint density at radius 2 is 1.93 bits per heavy atom. The number of hydrogen-bond acceptors (Lipinski definition) is 5. The molecule has 0 spiro atoms. The minimum atomic E-state index is -4.79. The number of nitrogens with zero attached hydrogens (tertiary/aromatic N) is 4. The Morgan fingerprint density at radius 1 is 1.22 bits per heavy atom. The molecule has 2 aromatic heterocycles. The minimum Gasteiger partial charge on any atom is -0.480 e. The summed E-state index contributed by atoms with van der Waals surface area (Å²) in [6.45, 7) is 2.12. The maximum atomic E-state index is 13.6. The van der Waals surface area contributed by atoms with Crippen LogP contribution in [0.3, 0.4) is 0 Å². The van der Waals surface area contributed by atoms with Crippen molar-refractivity contribution in [1.29, 1.82) is 0 Å². The maximum absolute atomic E-state index is 13.6. The molecule has 146 valence electrons. The molecule has 27 heavy (non-hydrogen) atoms. The Labute approximate surface area is 153 Å².